The van der Waals surface area contributed by atoms with Crippen LogP contribution in [-0.4, -0.2) is 55.1 Å². The number of rotatable bonds is 6. The smallest absolute Gasteiger partial charge is 0.248 e. The van der Waals surface area contributed by atoms with Gasteiger partial charge in [0.05, 0.1) is 6.61 Å². The zero-order chi connectivity index (χ0) is 15.4. The van der Waals surface area contributed by atoms with Gasteiger partial charge < -0.3 is 9.64 Å². The summed E-state index contributed by atoms with van der Waals surface area (Å²) in [6.45, 7) is 5.32. The second-order valence-corrected chi connectivity index (χ2v) is 6.68. The summed E-state index contributed by atoms with van der Waals surface area (Å²) in [7, 11) is 0. The summed E-state index contributed by atoms with van der Waals surface area (Å²) in [5, 5.41) is 0.769. The molecule has 2 aliphatic rings. The third-order valence-corrected chi connectivity index (χ3v) is 4.57. The van der Waals surface area contributed by atoms with E-state index < -0.39 is 0 Å². The summed E-state index contributed by atoms with van der Waals surface area (Å²) in [5.41, 5.74) is 1.26. The highest BCUT2D eigenvalue weighted by atomic mass is 35.5. The predicted molar refractivity (Wildman–Crippen MR) is 86.9 cm³/mol. The Hall–Kier alpha value is -1.10. The summed E-state index contributed by atoms with van der Waals surface area (Å²) >= 11 is 5.90. The fraction of sp³-hybridized carbons (Fsp3) is 0.588. The van der Waals surface area contributed by atoms with E-state index in [4.69, 9.17) is 16.3 Å². The van der Waals surface area contributed by atoms with Gasteiger partial charge in [0.2, 0.25) is 5.91 Å². The molecular weight excluding hydrogens is 300 g/mol. The van der Waals surface area contributed by atoms with Gasteiger partial charge in [-0.15, -0.1) is 0 Å². The van der Waals surface area contributed by atoms with Gasteiger partial charge in [0.1, 0.15) is 6.61 Å². The first kappa shape index (κ1) is 15.8. The van der Waals surface area contributed by atoms with Crippen LogP contribution in [0.2, 0.25) is 5.02 Å². The molecule has 0 unspecified atom stereocenters. The number of hydrogen-bond acceptors (Lipinski definition) is 3. The van der Waals surface area contributed by atoms with Gasteiger partial charge in [-0.25, -0.2) is 0 Å². The molecule has 3 rings (SSSR count). The van der Waals surface area contributed by atoms with E-state index in [0.29, 0.717) is 5.92 Å². The number of carbonyl (C=O) groups excluding carboxylic acids is 1. The quantitative estimate of drug-likeness (QED) is 0.806. The van der Waals surface area contributed by atoms with Gasteiger partial charge in [0.15, 0.2) is 0 Å². The van der Waals surface area contributed by atoms with E-state index >= 15 is 0 Å². The van der Waals surface area contributed by atoms with E-state index in [1.807, 2.05) is 17.0 Å². The van der Waals surface area contributed by atoms with Crippen molar-refractivity contribution in [3.05, 3.63) is 34.9 Å². The van der Waals surface area contributed by atoms with E-state index in [9.17, 15) is 4.79 Å². The number of piperazine rings is 1. The maximum Gasteiger partial charge on any atom is 0.248 e. The van der Waals surface area contributed by atoms with Crippen LogP contribution < -0.4 is 0 Å². The number of nitrogens with zero attached hydrogens (tertiary/aromatic N) is 2. The van der Waals surface area contributed by atoms with Crippen molar-refractivity contribution in [2.75, 3.05) is 39.4 Å². The summed E-state index contributed by atoms with van der Waals surface area (Å²) in [4.78, 5) is 16.4. The van der Waals surface area contributed by atoms with Crippen molar-refractivity contribution in [3.63, 3.8) is 0 Å². The third-order valence-electron chi connectivity index (χ3n) is 4.32. The highest BCUT2D eigenvalue weighted by Gasteiger charge is 2.24. The zero-order valence-electron chi connectivity index (χ0n) is 12.8. The normalized spacial score (nSPS) is 19.4. The van der Waals surface area contributed by atoms with Crippen LogP contribution in [0, 0.1) is 5.92 Å². The number of hydrogen-bond donors (Lipinski definition) is 0. The van der Waals surface area contributed by atoms with Crippen LogP contribution >= 0.6 is 11.6 Å². The fourth-order valence-electron chi connectivity index (χ4n) is 2.69. The Morgan fingerprint density at radius 3 is 2.45 bits per heavy atom. The van der Waals surface area contributed by atoms with Crippen LogP contribution in [0.1, 0.15) is 18.4 Å². The van der Waals surface area contributed by atoms with Gasteiger partial charge in [0.25, 0.3) is 0 Å². The molecule has 1 saturated heterocycles. The first-order valence-corrected chi connectivity index (χ1v) is 8.41. The molecule has 0 spiro atoms. The van der Waals surface area contributed by atoms with Gasteiger partial charge >= 0.3 is 0 Å². The Labute approximate surface area is 137 Å². The average molecular weight is 323 g/mol. The maximum absolute atomic E-state index is 12.1. The largest absolute Gasteiger partial charge is 0.371 e. The second kappa shape index (κ2) is 7.44. The highest BCUT2D eigenvalue weighted by molar-refractivity contribution is 6.30. The van der Waals surface area contributed by atoms with Crippen molar-refractivity contribution in [2.45, 2.75) is 19.4 Å². The number of benzene rings is 1. The van der Waals surface area contributed by atoms with Gasteiger partial charge in [-0.05, 0) is 36.5 Å². The van der Waals surface area contributed by atoms with Crippen LogP contribution in [0.15, 0.2) is 24.3 Å². The van der Waals surface area contributed by atoms with E-state index in [0.717, 1.165) is 44.4 Å². The molecule has 1 aliphatic carbocycles. The Balaban J connectivity index is 1.37. The second-order valence-electron chi connectivity index (χ2n) is 6.24. The first-order valence-electron chi connectivity index (χ1n) is 8.03. The lowest BCUT2D eigenvalue weighted by atomic mass is 10.2. The third kappa shape index (κ3) is 4.70. The Morgan fingerprint density at radius 2 is 1.82 bits per heavy atom. The maximum atomic E-state index is 12.1. The minimum atomic E-state index is 0.131. The molecule has 22 heavy (non-hydrogen) atoms. The molecule has 0 radical (unpaired) electrons. The predicted octanol–water partition coefficient (Wildman–Crippen LogP) is 2.41. The van der Waals surface area contributed by atoms with Gasteiger partial charge in [0, 0.05) is 37.7 Å². The number of amides is 1. The molecule has 2 fully saturated rings. The molecule has 0 atom stereocenters. The van der Waals surface area contributed by atoms with Crippen molar-refractivity contribution in [2.24, 2.45) is 5.92 Å². The SMILES string of the molecule is O=C(COCC1CC1)N1CCN(Cc2ccc(Cl)cc2)CC1. The summed E-state index contributed by atoms with van der Waals surface area (Å²) in [6.07, 6.45) is 2.52. The van der Waals surface area contributed by atoms with Crippen molar-refractivity contribution in [3.8, 4) is 0 Å². The Morgan fingerprint density at radius 1 is 1.14 bits per heavy atom. The molecule has 4 nitrogen and oxygen atoms in total. The fourth-order valence-corrected chi connectivity index (χ4v) is 2.82. The van der Waals surface area contributed by atoms with Crippen LogP contribution in [0.5, 0.6) is 0 Å². The average Bonchev–Trinajstić information content (AvgIpc) is 3.34. The molecule has 0 N–H and O–H groups in total. The summed E-state index contributed by atoms with van der Waals surface area (Å²) in [6, 6.07) is 7.97. The molecule has 120 valence electrons. The number of ether oxygens (including phenoxy) is 1. The van der Waals surface area contributed by atoms with Gasteiger partial charge in [-0.2, -0.15) is 0 Å². The summed E-state index contributed by atoms with van der Waals surface area (Å²) in [5.74, 6) is 0.843. The number of carbonyl (C=O) groups is 1. The molecular formula is C17H23ClN2O2. The van der Waals surface area contributed by atoms with E-state index in [1.165, 1.54) is 18.4 Å². The summed E-state index contributed by atoms with van der Waals surface area (Å²) < 4.78 is 5.49. The van der Waals surface area contributed by atoms with Crippen LogP contribution in [-0.2, 0) is 16.1 Å². The minimum Gasteiger partial charge on any atom is -0.371 e. The standard InChI is InChI=1S/C17H23ClN2O2/c18-16-5-3-14(4-6-16)11-19-7-9-20(10-8-19)17(21)13-22-12-15-1-2-15/h3-6,15H,1-2,7-13H2. The van der Waals surface area contributed by atoms with Crippen molar-refractivity contribution in [1.29, 1.82) is 0 Å². The molecule has 1 aromatic carbocycles. The first-order chi connectivity index (χ1) is 10.7. The molecule has 1 aliphatic heterocycles. The van der Waals surface area contributed by atoms with Crippen LogP contribution in [0.25, 0.3) is 0 Å². The van der Waals surface area contributed by atoms with Crippen LogP contribution in [0.3, 0.4) is 0 Å². The topological polar surface area (TPSA) is 32.8 Å². The lowest BCUT2D eigenvalue weighted by Crippen LogP contribution is -2.49. The van der Waals surface area contributed by atoms with E-state index in [2.05, 4.69) is 17.0 Å². The molecule has 1 heterocycles. The minimum absolute atomic E-state index is 0.131. The lowest BCUT2D eigenvalue weighted by Gasteiger charge is -2.34. The van der Waals surface area contributed by atoms with Crippen molar-refractivity contribution >= 4 is 17.5 Å². The Kier molecular flexibility index (Phi) is 5.34. The van der Waals surface area contributed by atoms with Crippen molar-refractivity contribution in [1.82, 2.24) is 9.80 Å². The lowest BCUT2D eigenvalue weighted by molar-refractivity contribution is -0.138. The molecule has 1 aromatic rings. The van der Waals surface area contributed by atoms with E-state index in [-0.39, 0.29) is 12.5 Å². The van der Waals surface area contributed by atoms with E-state index in [1.54, 1.807) is 0 Å². The Bertz CT molecular complexity index is 494. The molecule has 0 bridgehead atoms. The monoisotopic (exact) mass is 322 g/mol. The highest BCUT2D eigenvalue weighted by Crippen LogP contribution is 2.28. The molecule has 1 saturated carbocycles. The molecule has 0 aromatic heterocycles. The van der Waals surface area contributed by atoms with Crippen molar-refractivity contribution < 1.29 is 9.53 Å². The van der Waals surface area contributed by atoms with Gasteiger partial charge in [-0.1, -0.05) is 23.7 Å². The zero-order valence-corrected chi connectivity index (χ0v) is 13.6. The molecule has 1 amide bonds. The molecule has 5 heteroatoms. The number of halogens is 1. The van der Waals surface area contributed by atoms with Crippen LogP contribution in [0.4, 0.5) is 0 Å². The van der Waals surface area contributed by atoms with Gasteiger partial charge in [-0.3, -0.25) is 9.69 Å².